The first-order valence-electron chi connectivity index (χ1n) is 21.2. The van der Waals surface area contributed by atoms with Crippen LogP contribution < -0.4 is 0 Å². The van der Waals surface area contributed by atoms with Gasteiger partial charge >= 0.3 is 5.97 Å². The molecular weight excluding hydrogens is 788 g/mol. The first-order valence-corrected chi connectivity index (χ1v) is 21.2. The lowest BCUT2D eigenvalue weighted by Gasteiger charge is -2.49. The first-order chi connectivity index (χ1) is 28.0. The lowest BCUT2D eigenvalue weighted by Crippen LogP contribution is -2.67. The van der Waals surface area contributed by atoms with E-state index in [2.05, 4.69) is 0 Å². The highest BCUT2D eigenvalue weighted by Crippen LogP contribution is 2.35. The van der Waals surface area contributed by atoms with E-state index in [9.17, 15) is 55.9 Å². The van der Waals surface area contributed by atoms with Crippen molar-refractivity contribution in [2.45, 2.75) is 234 Å². The second-order valence-corrected chi connectivity index (χ2v) is 16.4. The zero-order valence-electron chi connectivity index (χ0n) is 34.4. The highest BCUT2D eigenvalue weighted by molar-refractivity contribution is 5.66. The van der Waals surface area contributed by atoms with E-state index in [-0.39, 0.29) is 12.5 Å². The van der Waals surface area contributed by atoms with E-state index < -0.39 is 135 Å². The molecule has 4 heterocycles. The quantitative estimate of drug-likeness (QED) is 0.0553. The number of carboxylic acid groups (broad SMARTS) is 1. The summed E-state index contributed by atoms with van der Waals surface area (Å²) in [4.78, 5) is 10.7. The van der Waals surface area contributed by atoms with E-state index in [1.165, 1.54) is 13.8 Å². The molecule has 0 amide bonds. The molecule has 21 atom stereocenters. The number of aliphatic carboxylic acids is 1. The number of aliphatic hydroxyl groups is 10. The summed E-state index contributed by atoms with van der Waals surface area (Å²) in [7, 11) is 0. The lowest BCUT2D eigenvalue weighted by atomic mass is 9.96. The van der Waals surface area contributed by atoms with Crippen molar-refractivity contribution >= 4 is 5.97 Å². The molecule has 346 valence electrons. The summed E-state index contributed by atoms with van der Waals surface area (Å²) in [5, 5.41) is 116. The highest BCUT2D eigenvalue weighted by atomic mass is 16.8. The van der Waals surface area contributed by atoms with Crippen LogP contribution in [0, 0.1) is 0 Å². The maximum absolute atomic E-state index is 11.4. The standard InChI is InChI=1S/C39H70O20/c1-5-6-14-21(15-12-10-8-7-9-11-13-16-23(41)42)55-38-34(28(47)25(44)19(3)53-38)59-39-35(29(48)26(45)22(17-40)56-39)58-37-32(51)30(49)33(20(4)54-37)57-36-31(50)27(46)24(43)18(2)52-36/h18-22,24-40,43-51H,5-17H2,1-4H3,(H,41,42). The fraction of sp³-hybridized carbons (Fsp3) is 0.974. The fourth-order valence-electron chi connectivity index (χ4n) is 7.90. The predicted octanol–water partition coefficient (Wildman–Crippen LogP) is -1.49. The van der Waals surface area contributed by atoms with E-state index in [4.69, 9.17) is 43.0 Å². The van der Waals surface area contributed by atoms with Crippen LogP contribution in [-0.2, 0) is 42.7 Å². The predicted molar refractivity (Wildman–Crippen MR) is 201 cm³/mol. The van der Waals surface area contributed by atoms with Crippen LogP contribution in [0.25, 0.3) is 0 Å². The van der Waals surface area contributed by atoms with Gasteiger partial charge in [0, 0.05) is 6.42 Å². The molecule has 0 spiro atoms. The number of rotatable bonds is 22. The molecule has 4 rings (SSSR count). The first kappa shape index (κ1) is 50.4. The third-order valence-corrected chi connectivity index (χ3v) is 11.7. The summed E-state index contributed by atoms with van der Waals surface area (Å²) < 4.78 is 47.5. The van der Waals surface area contributed by atoms with Crippen LogP contribution in [0.15, 0.2) is 0 Å². The van der Waals surface area contributed by atoms with Crippen LogP contribution >= 0.6 is 0 Å². The van der Waals surface area contributed by atoms with Crippen molar-refractivity contribution in [2.75, 3.05) is 6.61 Å². The Hall–Kier alpha value is -1.25. The van der Waals surface area contributed by atoms with Gasteiger partial charge in [-0.3, -0.25) is 4.79 Å². The van der Waals surface area contributed by atoms with Gasteiger partial charge in [0.15, 0.2) is 25.2 Å². The minimum atomic E-state index is -1.90. The summed E-state index contributed by atoms with van der Waals surface area (Å²) in [6.45, 7) is 5.71. The van der Waals surface area contributed by atoms with Crippen molar-refractivity contribution in [3.05, 3.63) is 0 Å². The molecule has 4 saturated heterocycles. The average Bonchev–Trinajstić information content (AvgIpc) is 3.20. The van der Waals surface area contributed by atoms with Gasteiger partial charge in [-0.2, -0.15) is 0 Å². The van der Waals surface area contributed by atoms with Crippen molar-refractivity contribution in [3.8, 4) is 0 Å². The SMILES string of the molecule is CCCCC(CCCCCCCCCC(=O)O)OC1OC(C)C(O)C(O)C1OC1OC(CO)C(O)C(O)C1OC1OC(C)C(OC2OC(C)C(O)C(O)C2O)C(O)C1O. The minimum Gasteiger partial charge on any atom is -0.481 e. The molecule has 0 aromatic rings. The molecule has 20 nitrogen and oxygen atoms in total. The Morgan fingerprint density at radius 3 is 1.58 bits per heavy atom. The van der Waals surface area contributed by atoms with Gasteiger partial charge in [0.1, 0.15) is 79.4 Å². The molecule has 4 fully saturated rings. The van der Waals surface area contributed by atoms with Gasteiger partial charge in [-0.1, -0.05) is 58.3 Å². The van der Waals surface area contributed by atoms with Gasteiger partial charge in [-0.25, -0.2) is 0 Å². The Morgan fingerprint density at radius 2 is 0.966 bits per heavy atom. The van der Waals surface area contributed by atoms with Crippen molar-refractivity contribution in [2.24, 2.45) is 0 Å². The van der Waals surface area contributed by atoms with E-state index in [0.29, 0.717) is 19.3 Å². The van der Waals surface area contributed by atoms with Crippen molar-refractivity contribution in [1.82, 2.24) is 0 Å². The molecule has 4 aliphatic rings. The molecule has 0 saturated carbocycles. The normalized spacial score (nSPS) is 43.7. The number of unbranched alkanes of at least 4 members (excludes halogenated alkanes) is 7. The number of aliphatic hydroxyl groups excluding tert-OH is 10. The summed E-state index contributed by atoms with van der Waals surface area (Å²) in [5.41, 5.74) is 0. The molecule has 4 aliphatic heterocycles. The zero-order chi connectivity index (χ0) is 43.6. The zero-order valence-corrected chi connectivity index (χ0v) is 34.4. The summed E-state index contributed by atoms with van der Waals surface area (Å²) in [6.07, 6.45) is -21.2. The van der Waals surface area contributed by atoms with Gasteiger partial charge in [0.2, 0.25) is 0 Å². The minimum absolute atomic E-state index is 0.169. The number of carbonyl (C=O) groups is 1. The van der Waals surface area contributed by atoms with Gasteiger partial charge in [-0.05, 0) is 40.0 Å². The van der Waals surface area contributed by atoms with Crippen molar-refractivity contribution in [1.29, 1.82) is 0 Å². The largest absolute Gasteiger partial charge is 0.481 e. The number of hydrogen-bond acceptors (Lipinski definition) is 19. The average molecular weight is 859 g/mol. The maximum Gasteiger partial charge on any atom is 0.303 e. The van der Waals surface area contributed by atoms with E-state index in [1.807, 2.05) is 6.92 Å². The summed E-state index contributed by atoms with van der Waals surface area (Å²) >= 11 is 0. The molecule has 0 bridgehead atoms. The number of ether oxygens (including phenoxy) is 8. The van der Waals surface area contributed by atoms with Gasteiger partial charge in [-0.15, -0.1) is 0 Å². The Kier molecular flexibility index (Phi) is 20.5. The van der Waals surface area contributed by atoms with Crippen LogP contribution in [0.2, 0.25) is 0 Å². The molecule has 20 heteroatoms. The van der Waals surface area contributed by atoms with Gasteiger partial charge in [0.25, 0.3) is 0 Å². The third-order valence-electron chi connectivity index (χ3n) is 11.7. The lowest BCUT2D eigenvalue weighted by molar-refractivity contribution is -0.398. The highest BCUT2D eigenvalue weighted by Gasteiger charge is 2.55. The fourth-order valence-corrected chi connectivity index (χ4v) is 7.90. The van der Waals surface area contributed by atoms with Crippen LogP contribution in [0.1, 0.15) is 105 Å². The van der Waals surface area contributed by atoms with E-state index in [0.717, 1.165) is 51.4 Å². The van der Waals surface area contributed by atoms with E-state index >= 15 is 0 Å². The molecular formula is C39H70O20. The van der Waals surface area contributed by atoms with Crippen molar-refractivity contribution < 1.29 is 98.9 Å². The van der Waals surface area contributed by atoms with Crippen molar-refractivity contribution in [3.63, 3.8) is 0 Å². The van der Waals surface area contributed by atoms with Gasteiger partial charge in [0.05, 0.1) is 31.0 Å². The monoisotopic (exact) mass is 858 g/mol. The number of carboxylic acids is 1. The second kappa shape index (κ2) is 24.0. The van der Waals surface area contributed by atoms with Crippen LogP contribution in [-0.4, -0.2) is 198 Å². The van der Waals surface area contributed by atoms with Crippen LogP contribution in [0.3, 0.4) is 0 Å². The Balaban J connectivity index is 1.45. The van der Waals surface area contributed by atoms with E-state index in [1.54, 1.807) is 6.92 Å². The topological polar surface area (TPSA) is 313 Å². The Bertz CT molecular complexity index is 1220. The second-order valence-electron chi connectivity index (χ2n) is 16.4. The number of hydrogen-bond donors (Lipinski definition) is 11. The smallest absolute Gasteiger partial charge is 0.303 e. The Morgan fingerprint density at radius 1 is 0.508 bits per heavy atom. The summed E-state index contributed by atoms with van der Waals surface area (Å²) in [5.74, 6) is -0.792. The summed E-state index contributed by atoms with van der Waals surface area (Å²) in [6, 6.07) is 0. The third kappa shape index (κ3) is 13.4. The molecule has 0 aromatic carbocycles. The van der Waals surface area contributed by atoms with Gasteiger partial charge < -0.3 is 94.1 Å². The Labute approximate surface area is 344 Å². The molecule has 11 N–H and O–H groups in total. The molecule has 0 aliphatic carbocycles. The molecule has 21 unspecified atom stereocenters. The molecule has 0 radical (unpaired) electrons. The maximum atomic E-state index is 11.4. The van der Waals surface area contributed by atoms with Crippen LogP contribution in [0.4, 0.5) is 0 Å². The van der Waals surface area contributed by atoms with Crippen LogP contribution in [0.5, 0.6) is 0 Å². The molecule has 59 heavy (non-hydrogen) atoms. The molecule has 0 aromatic heterocycles.